The lowest BCUT2D eigenvalue weighted by atomic mass is 9.87. The average Bonchev–Trinajstić information content (AvgIpc) is 4.39. The summed E-state index contributed by atoms with van der Waals surface area (Å²) in [6.45, 7) is 41.5. The summed E-state index contributed by atoms with van der Waals surface area (Å²) >= 11 is 0. The van der Waals surface area contributed by atoms with Gasteiger partial charge in [-0.3, -0.25) is 0 Å². The van der Waals surface area contributed by atoms with Crippen molar-refractivity contribution in [3.8, 4) is 0 Å². The van der Waals surface area contributed by atoms with Gasteiger partial charge in [0.2, 0.25) is 0 Å². The fourth-order valence-electron chi connectivity index (χ4n) is 7.47. The SMILES string of the molecule is CC.CC.CC.CC.CC.CC.CC(C)(C)c1ccc2occc2c1.CC(C)c1ccc2occc2c1.CCCc1ccc2occc2c1.CCc1ccc2occc2c1.Cc1ccc2occc2c1.c1ccc2occc2c1. The molecule has 6 aromatic carbocycles. The van der Waals surface area contributed by atoms with E-state index in [2.05, 4.69) is 110 Å². The van der Waals surface area contributed by atoms with Gasteiger partial charge < -0.3 is 26.5 Å². The molecule has 0 aliphatic heterocycles. The Kier molecular flexibility index (Phi) is 35.1. The van der Waals surface area contributed by atoms with Gasteiger partial charge in [0.15, 0.2) is 0 Å². The maximum atomic E-state index is 5.29. The Morgan fingerprint density at radius 3 is 1.14 bits per heavy atom. The molecule has 0 fully saturated rings. The van der Waals surface area contributed by atoms with Gasteiger partial charge in [0, 0.05) is 32.3 Å². The molecule has 12 rings (SSSR count). The minimum absolute atomic E-state index is 0.214. The number of hydrogen-bond acceptors (Lipinski definition) is 6. The Balaban J connectivity index is 0.000000457. The molecule has 0 aliphatic carbocycles. The van der Waals surface area contributed by atoms with Gasteiger partial charge >= 0.3 is 0 Å². The van der Waals surface area contributed by atoms with Crippen LogP contribution in [0.3, 0.4) is 0 Å². The van der Waals surface area contributed by atoms with Gasteiger partial charge in [-0.25, -0.2) is 0 Å². The van der Waals surface area contributed by atoms with E-state index in [1.807, 2.05) is 180 Å². The lowest BCUT2D eigenvalue weighted by Gasteiger charge is -2.18. The molecule has 0 saturated carbocycles. The number of aryl methyl sites for hydroxylation is 3. The highest BCUT2D eigenvalue weighted by Crippen LogP contribution is 2.27. The summed E-state index contributed by atoms with van der Waals surface area (Å²) in [6.07, 6.45) is 13.8. The molecule has 0 N–H and O–H groups in total. The third kappa shape index (κ3) is 23.2. The van der Waals surface area contributed by atoms with E-state index >= 15 is 0 Å². The summed E-state index contributed by atoms with van der Waals surface area (Å²) < 4.78 is 31.3. The van der Waals surface area contributed by atoms with Crippen molar-refractivity contribution in [3.63, 3.8) is 0 Å². The zero-order valence-electron chi connectivity index (χ0n) is 52.0. The lowest BCUT2D eigenvalue weighted by molar-refractivity contribution is 0.589. The summed E-state index contributed by atoms with van der Waals surface area (Å²) in [5.41, 5.74) is 12.8. The van der Waals surface area contributed by atoms with Crippen molar-refractivity contribution < 1.29 is 26.5 Å². The summed E-state index contributed by atoms with van der Waals surface area (Å²) in [6, 6.07) is 51.4. The summed E-state index contributed by atoms with van der Waals surface area (Å²) in [5.74, 6) is 0.587. The Labute approximate surface area is 476 Å². The van der Waals surface area contributed by atoms with Crippen molar-refractivity contribution in [1.82, 2.24) is 0 Å². The Bertz CT molecular complexity index is 3320. The first-order chi connectivity index (χ1) is 38.5. The number of para-hydroxylation sites is 1. The van der Waals surface area contributed by atoms with Crippen LogP contribution >= 0.6 is 0 Å². The normalized spacial score (nSPS) is 9.78. The molecule has 6 nitrogen and oxygen atoms in total. The van der Waals surface area contributed by atoms with Crippen LogP contribution in [0.25, 0.3) is 65.8 Å². The van der Waals surface area contributed by atoms with E-state index in [4.69, 9.17) is 26.5 Å². The number of rotatable bonds is 4. The van der Waals surface area contributed by atoms with Crippen LogP contribution in [-0.4, -0.2) is 0 Å². The molecule has 79 heavy (non-hydrogen) atoms. The highest BCUT2D eigenvalue weighted by Gasteiger charge is 2.14. The van der Waals surface area contributed by atoms with Crippen LogP contribution < -0.4 is 0 Å². The topological polar surface area (TPSA) is 78.8 Å². The van der Waals surface area contributed by atoms with Crippen LogP contribution in [-0.2, 0) is 18.3 Å². The molecule has 0 unspecified atom stereocenters. The molecule has 0 saturated heterocycles. The molecule has 12 aromatic rings. The van der Waals surface area contributed by atoms with Crippen LogP contribution in [0, 0.1) is 6.92 Å². The first-order valence-electron chi connectivity index (χ1n) is 29.2. The Morgan fingerprint density at radius 2 is 0.709 bits per heavy atom. The van der Waals surface area contributed by atoms with Gasteiger partial charge in [0.1, 0.15) is 33.5 Å². The zero-order valence-corrected chi connectivity index (χ0v) is 52.0. The van der Waals surface area contributed by atoms with Crippen LogP contribution in [0.5, 0.6) is 0 Å². The molecule has 0 radical (unpaired) electrons. The number of fused-ring (bicyclic) bond motifs is 6. The molecule has 426 valence electrons. The van der Waals surface area contributed by atoms with Gasteiger partial charge in [-0.15, -0.1) is 0 Å². The second-order valence-corrected chi connectivity index (χ2v) is 17.9. The van der Waals surface area contributed by atoms with Crippen LogP contribution in [0.15, 0.2) is 216 Å². The highest BCUT2D eigenvalue weighted by atomic mass is 16.3. The van der Waals surface area contributed by atoms with E-state index in [1.54, 1.807) is 37.6 Å². The molecule has 0 amide bonds. The minimum atomic E-state index is 0.214. The van der Waals surface area contributed by atoms with Crippen LogP contribution in [0.1, 0.15) is 172 Å². The van der Waals surface area contributed by atoms with Gasteiger partial charge in [-0.1, -0.05) is 192 Å². The largest absolute Gasteiger partial charge is 0.464 e. The molecule has 0 atom stereocenters. The molecule has 6 aromatic heterocycles. The third-order valence-corrected chi connectivity index (χ3v) is 11.4. The fraction of sp³-hybridized carbons (Fsp3) is 0.342. The van der Waals surface area contributed by atoms with Crippen molar-refractivity contribution in [2.24, 2.45) is 0 Å². The van der Waals surface area contributed by atoms with Gasteiger partial charge in [0.05, 0.1) is 37.6 Å². The Hall–Kier alpha value is -7.44. The van der Waals surface area contributed by atoms with Crippen molar-refractivity contribution in [2.45, 2.75) is 169 Å². The molecule has 0 spiro atoms. The molecule has 0 aliphatic rings. The average molecular weight is 1070 g/mol. The van der Waals surface area contributed by atoms with E-state index in [0.29, 0.717) is 5.92 Å². The van der Waals surface area contributed by atoms with Gasteiger partial charge in [0.25, 0.3) is 0 Å². The summed E-state index contributed by atoms with van der Waals surface area (Å²) in [4.78, 5) is 0. The minimum Gasteiger partial charge on any atom is -0.464 e. The molecule has 6 heterocycles. The Morgan fingerprint density at radius 1 is 0.354 bits per heavy atom. The van der Waals surface area contributed by atoms with Crippen LogP contribution in [0.2, 0.25) is 0 Å². The maximum absolute atomic E-state index is 5.29. The molecular weight excluding hydrogens is 973 g/mol. The van der Waals surface area contributed by atoms with Crippen molar-refractivity contribution in [1.29, 1.82) is 0 Å². The van der Waals surface area contributed by atoms with E-state index in [0.717, 1.165) is 51.7 Å². The van der Waals surface area contributed by atoms with Gasteiger partial charge in [-0.2, -0.15) is 0 Å². The van der Waals surface area contributed by atoms with Crippen LogP contribution in [0.4, 0.5) is 0 Å². The highest BCUT2D eigenvalue weighted by molar-refractivity contribution is 5.81. The van der Waals surface area contributed by atoms with Crippen molar-refractivity contribution in [2.75, 3.05) is 0 Å². The monoisotopic (exact) mass is 1070 g/mol. The predicted octanol–water partition coefficient (Wildman–Crippen LogP) is 25.0. The van der Waals surface area contributed by atoms with E-state index in [-0.39, 0.29) is 5.41 Å². The molecule has 0 bridgehead atoms. The van der Waals surface area contributed by atoms with E-state index < -0.39 is 0 Å². The molecular formula is C73H98O6. The van der Waals surface area contributed by atoms with E-state index in [9.17, 15) is 0 Å². The number of benzene rings is 6. The fourth-order valence-corrected chi connectivity index (χ4v) is 7.47. The third-order valence-electron chi connectivity index (χ3n) is 11.4. The number of hydrogen-bond donors (Lipinski definition) is 0. The first-order valence-corrected chi connectivity index (χ1v) is 29.2. The lowest BCUT2D eigenvalue weighted by Crippen LogP contribution is -2.10. The first kappa shape index (κ1) is 69.6. The number of furan rings is 6. The zero-order chi connectivity index (χ0) is 59.2. The smallest absolute Gasteiger partial charge is 0.133 e. The molecule has 6 heteroatoms. The second-order valence-electron chi connectivity index (χ2n) is 17.9. The van der Waals surface area contributed by atoms with E-state index in [1.165, 1.54) is 61.2 Å². The van der Waals surface area contributed by atoms with Crippen molar-refractivity contribution >= 4 is 65.8 Å². The van der Waals surface area contributed by atoms with Crippen molar-refractivity contribution in [3.05, 3.63) is 217 Å². The second kappa shape index (κ2) is 39.9. The van der Waals surface area contributed by atoms with Gasteiger partial charge in [-0.05, 0) is 156 Å². The quantitative estimate of drug-likeness (QED) is 0.175. The maximum Gasteiger partial charge on any atom is 0.133 e. The standard InChI is InChI=1S/C12H14O.2C11H12O.C10H10O.C9H8O.C8H6O.6C2H6/c1-12(2,3)10-4-5-11-9(8-10)6-7-13-11;1-8(2)9-3-4-11-10(7-9)5-6-12-11;1-2-3-9-4-5-11-10(8-9)6-7-12-11;1-2-8-3-4-10-9(7-8)5-6-11-10;1-7-2-3-9-8(6-7)4-5-10-9;1-2-4-8-7(3-1)5-6-9-8;6*1-2/h4-8H,1-3H3;3-8H,1-2H3;4-8H,2-3H2,1H3;3-7H,2H2,1H3;2-6H,1H3;1-6H;6*1-2H3. The summed E-state index contributed by atoms with van der Waals surface area (Å²) in [5, 5.41) is 7.14. The predicted molar refractivity (Wildman–Crippen MR) is 346 cm³/mol. The summed E-state index contributed by atoms with van der Waals surface area (Å²) in [7, 11) is 0.